The molecule has 158 valence electrons. The van der Waals surface area contributed by atoms with Crippen LogP contribution in [0, 0.1) is 6.92 Å². The molecular formula is C24H21NO5S. The van der Waals surface area contributed by atoms with E-state index in [4.69, 9.17) is 9.47 Å². The lowest BCUT2D eigenvalue weighted by Crippen LogP contribution is -2.29. The highest BCUT2D eigenvalue weighted by Crippen LogP contribution is 2.44. The van der Waals surface area contributed by atoms with Gasteiger partial charge in [0.15, 0.2) is 0 Å². The number of anilines is 1. The third-order valence-corrected chi connectivity index (χ3v) is 6.13. The van der Waals surface area contributed by atoms with Crippen LogP contribution in [0.1, 0.15) is 22.0 Å². The molecule has 3 aromatic rings. The first kappa shape index (κ1) is 20.7. The highest BCUT2D eigenvalue weighted by molar-refractivity contribution is 7.10. The fourth-order valence-corrected chi connectivity index (χ4v) is 4.56. The number of hydrogen-bond donors (Lipinski definition) is 1. The van der Waals surface area contributed by atoms with E-state index in [9.17, 15) is 14.7 Å². The number of nitrogens with zero attached hydrogens (tertiary/aromatic N) is 1. The number of carbonyl (C=O) groups excluding carboxylic acids is 2. The number of ether oxygens (including phenoxy) is 2. The fraction of sp³-hybridized carbons (Fsp3) is 0.167. The van der Waals surface area contributed by atoms with Gasteiger partial charge in [0, 0.05) is 16.6 Å². The molecule has 1 aromatic heterocycles. The Morgan fingerprint density at radius 1 is 1.03 bits per heavy atom. The van der Waals surface area contributed by atoms with Gasteiger partial charge in [-0.3, -0.25) is 14.5 Å². The molecule has 2 heterocycles. The summed E-state index contributed by atoms with van der Waals surface area (Å²) in [5, 5.41) is 13.1. The first-order valence-electron chi connectivity index (χ1n) is 9.59. The number of methoxy groups -OCH3 is 2. The maximum atomic E-state index is 13.1. The van der Waals surface area contributed by atoms with Crippen molar-refractivity contribution in [3.05, 3.63) is 81.6 Å². The van der Waals surface area contributed by atoms with Gasteiger partial charge in [-0.2, -0.15) is 0 Å². The third-order valence-electron chi connectivity index (χ3n) is 5.20. The third kappa shape index (κ3) is 3.57. The Bertz CT molecular complexity index is 1180. The van der Waals surface area contributed by atoms with Gasteiger partial charge in [0.1, 0.15) is 23.3 Å². The molecule has 0 bridgehead atoms. The second-order valence-corrected chi connectivity index (χ2v) is 8.07. The molecule has 0 radical (unpaired) electrons. The summed E-state index contributed by atoms with van der Waals surface area (Å²) in [4.78, 5) is 28.5. The highest BCUT2D eigenvalue weighted by atomic mass is 32.1. The molecular weight excluding hydrogens is 414 g/mol. The van der Waals surface area contributed by atoms with Gasteiger partial charge in [-0.1, -0.05) is 18.2 Å². The number of amides is 1. The Balaban J connectivity index is 1.94. The molecule has 1 aliphatic rings. The minimum absolute atomic E-state index is 0.0254. The summed E-state index contributed by atoms with van der Waals surface area (Å²) in [6.45, 7) is 1.92. The Labute approximate surface area is 184 Å². The van der Waals surface area contributed by atoms with Crippen LogP contribution in [0.25, 0.3) is 5.76 Å². The van der Waals surface area contributed by atoms with Crippen LogP contribution in [-0.4, -0.2) is 31.0 Å². The lowest BCUT2D eigenvalue weighted by molar-refractivity contribution is -0.132. The Morgan fingerprint density at radius 3 is 2.48 bits per heavy atom. The Kier molecular flexibility index (Phi) is 5.52. The normalized spacial score (nSPS) is 17.8. The van der Waals surface area contributed by atoms with E-state index in [1.54, 1.807) is 24.3 Å². The molecule has 0 saturated carbocycles. The van der Waals surface area contributed by atoms with Gasteiger partial charge in [-0.15, -0.1) is 11.3 Å². The van der Waals surface area contributed by atoms with Crippen molar-refractivity contribution in [2.45, 2.75) is 13.0 Å². The fourth-order valence-electron chi connectivity index (χ4n) is 3.73. The van der Waals surface area contributed by atoms with Gasteiger partial charge in [-0.05, 0) is 48.2 Å². The van der Waals surface area contributed by atoms with Crippen LogP contribution in [0.2, 0.25) is 0 Å². The molecule has 1 saturated heterocycles. The number of ketones is 1. The van der Waals surface area contributed by atoms with Crippen LogP contribution in [0.4, 0.5) is 5.69 Å². The van der Waals surface area contributed by atoms with Gasteiger partial charge in [0.05, 0.1) is 25.4 Å². The predicted octanol–water partition coefficient (Wildman–Crippen LogP) is 4.70. The van der Waals surface area contributed by atoms with E-state index in [1.165, 1.54) is 30.5 Å². The first-order valence-corrected chi connectivity index (χ1v) is 10.5. The smallest absolute Gasteiger partial charge is 0.300 e. The van der Waals surface area contributed by atoms with Crippen LogP contribution in [0.15, 0.2) is 65.6 Å². The molecule has 31 heavy (non-hydrogen) atoms. The quantitative estimate of drug-likeness (QED) is 0.357. The van der Waals surface area contributed by atoms with E-state index in [2.05, 4.69) is 0 Å². The average Bonchev–Trinajstić information content (AvgIpc) is 3.40. The van der Waals surface area contributed by atoms with Crippen molar-refractivity contribution in [3.63, 3.8) is 0 Å². The van der Waals surface area contributed by atoms with Crippen molar-refractivity contribution < 1.29 is 24.2 Å². The van der Waals surface area contributed by atoms with E-state index in [0.717, 1.165) is 10.4 Å². The molecule has 1 amide bonds. The van der Waals surface area contributed by atoms with Crippen molar-refractivity contribution in [3.8, 4) is 11.5 Å². The number of aryl methyl sites for hydroxylation is 1. The van der Waals surface area contributed by atoms with Crippen molar-refractivity contribution in [1.29, 1.82) is 0 Å². The minimum atomic E-state index is -0.742. The van der Waals surface area contributed by atoms with E-state index in [-0.39, 0.29) is 11.3 Å². The average molecular weight is 436 g/mol. The van der Waals surface area contributed by atoms with Crippen LogP contribution < -0.4 is 14.4 Å². The van der Waals surface area contributed by atoms with Gasteiger partial charge in [0.2, 0.25) is 0 Å². The SMILES string of the molecule is COc1ccc(/C(O)=C2/C(=O)C(=O)N(c3cccc(C)c3)C2c2cccs2)c(OC)c1. The van der Waals surface area contributed by atoms with Gasteiger partial charge in [0.25, 0.3) is 11.7 Å². The molecule has 4 rings (SSSR count). The lowest BCUT2D eigenvalue weighted by Gasteiger charge is -2.24. The second-order valence-electron chi connectivity index (χ2n) is 7.09. The van der Waals surface area contributed by atoms with Crippen LogP contribution in [0.5, 0.6) is 11.5 Å². The molecule has 1 atom stereocenters. The van der Waals surface area contributed by atoms with Gasteiger partial charge < -0.3 is 14.6 Å². The molecule has 0 spiro atoms. The number of thiophene rings is 1. The van der Waals surface area contributed by atoms with Crippen molar-refractivity contribution in [1.82, 2.24) is 0 Å². The maximum absolute atomic E-state index is 13.1. The predicted molar refractivity (Wildman–Crippen MR) is 120 cm³/mol. The summed E-state index contributed by atoms with van der Waals surface area (Å²) in [7, 11) is 2.99. The first-order chi connectivity index (χ1) is 15.0. The van der Waals surface area contributed by atoms with Crippen molar-refractivity contribution in [2.24, 2.45) is 0 Å². The van der Waals surface area contributed by atoms with Gasteiger partial charge in [-0.25, -0.2) is 0 Å². The summed E-state index contributed by atoms with van der Waals surface area (Å²) >= 11 is 1.42. The molecule has 1 unspecified atom stereocenters. The number of rotatable bonds is 5. The Hall–Kier alpha value is -3.58. The molecule has 1 aliphatic heterocycles. The molecule has 7 heteroatoms. The van der Waals surface area contributed by atoms with Crippen molar-refractivity contribution >= 4 is 34.5 Å². The van der Waals surface area contributed by atoms with Gasteiger partial charge >= 0.3 is 0 Å². The largest absolute Gasteiger partial charge is 0.507 e. The topological polar surface area (TPSA) is 76.1 Å². The molecule has 1 fully saturated rings. The minimum Gasteiger partial charge on any atom is -0.507 e. The highest BCUT2D eigenvalue weighted by Gasteiger charge is 2.47. The summed E-state index contributed by atoms with van der Waals surface area (Å²) in [6.07, 6.45) is 0. The van der Waals surface area contributed by atoms with Crippen LogP contribution >= 0.6 is 11.3 Å². The molecule has 2 aromatic carbocycles. The Morgan fingerprint density at radius 2 is 1.84 bits per heavy atom. The molecule has 6 nitrogen and oxygen atoms in total. The second kappa shape index (κ2) is 8.28. The maximum Gasteiger partial charge on any atom is 0.300 e. The summed E-state index contributed by atoms with van der Waals surface area (Å²) in [5.74, 6) is -0.827. The monoisotopic (exact) mass is 435 g/mol. The number of hydrogen-bond acceptors (Lipinski definition) is 6. The van der Waals surface area contributed by atoms with E-state index in [0.29, 0.717) is 22.7 Å². The zero-order chi connectivity index (χ0) is 22.1. The summed E-state index contributed by atoms with van der Waals surface area (Å²) < 4.78 is 10.6. The number of carbonyl (C=O) groups is 2. The lowest BCUT2D eigenvalue weighted by atomic mass is 9.99. The molecule has 1 N–H and O–H groups in total. The number of aliphatic hydroxyl groups is 1. The number of Topliss-reactive ketones (excluding diaryl/α,β-unsaturated/α-hetero) is 1. The molecule has 0 aliphatic carbocycles. The summed E-state index contributed by atoms with van der Waals surface area (Å²) in [6, 6.07) is 15.2. The summed E-state index contributed by atoms with van der Waals surface area (Å²) in [5.41, 5.74) is 1.90. The van der Waals surface area contributed by atoms with E-state index in [1.807, 2.05) is 42.6 Å². The van der Waals surface area contributed by atoms with E-state index >= 15 is 0 Å². The zero-order valence-corrected chi connectivity index (χ0v) is 18.1. The van der Waals surface area contributed by atoms with Crippen LogP contribution in [-0.2, 0) is 9.59 Å². The number of aliphatic hydroxyl groups excluding tert-OH is 1. The van der Waals surface area contributed by atoms with Crippen LogP contribution in [0.3, 0.4) is 0 Å². The zero-order valence-electron chi connectivity index (χ0n) is 17.3. The van der Waals surface area contributed by atoms with E-state index < -0.39 is 17.7 Å². The standard InChI is InChI=1S/C24H21NO5S/c1-14-6-4-7-15(12-14)25-21(19-8-5-11-31-19)20(23(27)24(25)28)22(26)17-10-9-16(29-2)13-18(17)30-3/h4-13,21,26H,1-3H3/b22-20-. The van der Waals surface area contributed by atoms with Crippen molar-refractivity contribution in [2.75, 3.05) is 19.1 Å². The number of benzene rings is 2.